The Labute approximate surface area is 594 Å². The van der Waals surface area contributed by atoms with Gasteiger partial charge in [0.15, 0.2) is 12.4 Å². The number of aliphatic carboxylic acids is 1. The molecule has 0 N–H and O–H groups in total. The van der Waals surface area contributed by atoms with E-state index in [-0.39, 0.29) is 38.6 Å². The molecular formula is C87H153NO8. The summed E-state index contributed by atoms with van der Waals surface area (Å²) in [4.78, 5) is 37.6. The van der Waals surface area contributed by atoms with Gasteiger partial charge in [0.2, 0.25) is 0 Å². The van der Waals surface area contributed by atoms with E-state index in [1.54, 1.807) is 0 Å². The fourth-order valence-electron chi connectivity index (χ4n) is 11.7. The van der Waals surface area contributed by atoms with E-state index in [1.165, 1.54) is 231 Å². The number of unbranched alkanes of at least 4 members (excludes halogenated alkanes) is 42. The van der Waals surface area contributed by atoms with E-state index in [0.717, 1.165) is 103 Å². The van der Waals surface area contributed by atoms with Crippen LogP contribution >= 0.6 is 0 Å². The van der Waals surface area contributed by atoms with Crippen molar-refractivity contribution < 1.29 is 42.9 Å². The highest BCUT2D eigenvalue weighted by Gasteiger charge is 2.22. The fourth-order valence-corrected chi connectivity index (χ4v) is 11.7. The molecule has 9 heteroatoms. The van der Waals surface area contributed by atoms with Gasteiger partial charge < -0.3 is 33.3 Å². The number of ether oxygens (including phenoxy) is 4. The van der Waals surface area contributed by atoms with Crippen LogP contribution in [0.2, 0.25) is 0 Å². The zero-order valence-corrected chi connectivity index (χ0v) is 63.5. The number of hydrogen-bond acceptors (Lipinski definition) is 8. The SMILES string of the molecule is CC/C=C\C/C=C\C/C=C\C/C=C\C/C=C\C/C=C\C/C=C\C/C=C\C/C=C\CCCCCCCCCC(=O)OC(COC(=O)CCCCCCCCCCCCCCCCCCCCCCCCCCCCCCCCCCCCCC)COC(OCC[N+](C)(C)C)C(=O)[O-]. The van der Waals surface area contributed by atoms with Crippen molar-refractivity contribution in [2.45, 2.75) is 379 Å². The summed E-state index contributed by atoms with van der Waals surface area (Å²) in [6, 6.07) is 0. The monoisotopic (exact) mass is 1340 g/mol. The lowest BCUT2D eigenvalue weighted by Crippen LogP contribution is -2.44. The quantitative estimate of drug-likeness (QED) is 0.0195. The molecule has 2 unspecified atom stereocenters. The van der Waals surface area contributed by atoms with E-state index in [4.69, 9.17) is 18.9 Å². The van der Waals surface area contributed by atoms with E-state index in [1.807, 2.05) is 21.1 Å². The molecule has 0 aliphatic heterocycles. The van der Waals surface area contributed by atoms with Crippen LogP contribution in [0.15, 0.2) is 109 Å². The van der Waals surface area contributed by atoms with Gasteiger partial charge in [-0.3, -0.25) is 9.59 Å². The molecule has 0 radical (unpaired) electrons. The van der Waals surface area contributed by atoms with Crippen LogP contribution in [0, 0.1) is 0 Å². The number of likely N-dealkylation sites (N-methyl/N-ethyl adjacent to an activating group) is 1. The fraction of sp³-hybridized carbons (Fsp3) is 0.759. The average molecular weight is 1340 g/mol. The van der Waals surface area contributed by atoms with Crippen LogP contribution in [0.25, 0.3) is 0 Å². The maximum absolute atomic E-state index is 13.0. The van der Waals surface area contributed by atoms with Crippen LogP contribution in [-0.4, -0.2) is 82.3 Å². The van der Waals surface area contributed by atoms with Gasteiger partial charge in [0, 0.05) is 12.8 Å². The third-order valence-corrected chi connectivity index (χ3v) is 17.8. The Bertz CT molecular complexity index is 1950. The zero-order chi connectivity index (χ0) is 69.7. The lowest BCUT2D eigenvalue weighted by Gasteiger charge is -2.26. The van der Waals surface area contributed by atoms with Crippen LogP contribution in [0.5, 0.6) is 0 Å². The Morgan fingerprint density at radius 2 is 0.594 bits per heavy atom. The molecule has 0 rings (SSSR count). The standard InChI is InChI=1S/C87H153NO8/c1-6-8-10-12-14-16-18-20-22-24-26-28-30-32-34-36-38-40-42-44-45-47-49-51-53-55-57-59-61-63-65-67-69-71-73-75-77-84(89)94-81-83(82-95-87(86(91)92)93-80-79-88(3,4)5)96-85(90)78-76-74-72-70-68-66-64-62-60-58-56-54-52-50-48-46-43-41-39-37-35-33-31-29-27-25-23-21-19-17-15-13-11-9-7-2/h9,11,15,17,21,23,27,29,33,35,39,41,46,48,52,54,58,60,83,87H,6-8,10,12-14,16,18-20,22,24-26,28,30-32,34,36-38,40,42-45,47,49-51,53,55-57,59,61-82H2,1-5H3/b11-9-,17-15-,23-21-,29-27-,35-33-,41-39-,48-46-,54-52-,60-58-. The molecule has 0 spiro atoms. The minimum absolute atomic E-state index is 0.142. The number of hydrogen-bond donors (Lipinski definition) is 0. The van der Waals surface area contributed by atoms with Crippen molar-refractivity contribution in [3.63, 3.8) is 0 Å². The third kappa shape index (κ3) is 77.3. The molecule has 554 valence electrons. The Morgan fingerprint density at radius 3 is 0.885 bits per heavy atom. The van der Waals surface area contributed by atoms with E-state index in [2.05, 4.69) is 123 Å². The highest BCUT2D eigenvalue weighted by atomic mass is 16.7. The number of carbonyl (C=O) groups excluding carboxylic acids is 3. The smallest absolute Gasteiger partial charge is 0.306 e. The van der Waals surface area contributed by atoms with Gasteiger partial charge in [-0.2, -0.15) is 0 Å². The summed E-state index contributed by atoms with van der Waals surface area (Å²) < 4.78 is 22.9. The van der Waals surface area contributed by atoms with E-state index < -0.39 is 24.3 Å². The van der Waals surface area contributed by atoms with Crippen molar-refractivity contribution in [3.05, 3.63) is 109 Å². The third-order valence-electron chi connectivity index (χ3n) is 17.8. The number of carbonyl (C=O) groups is 3. The van der Waals surface area contributed by atoms with Crippen molar-refractivity contribution in [3.8, 4) is 0 Å². The first-order valence-corrected chi connectivity index (χ1v) is 40.5. The Kier molecular flexibility index (Phi) is 73.5. The van der Waals surface area contributed by atoms with Crippen molar-refractivity contribution in [1.29, 1.82) is 0 Å². The van der Waals surface area contributed by atoms with Gasteiger partial charge in [-0.1, -0.05) is 380 Å². The molecule has 0 aromatic carbocycles. The van der Waals surface area contributed by atoms with Gasteiger partial charge in [0.05, 0.1) is 40.3 Å². The van der Waals surface area contributed by atoms with Gasteiger partial charge in [-0.05, 0) is 83.5 Å². The van der Waals surface area contributed by atoms with E-state index >= 15 is 0 Å². The molecule has 0 aromatic heterocycles. The second-order valence-electron chi connectivity index (χ2n) is 28.3. The van der Waals surface area contributed by atoms with Crippen molar-refractivity contribution >= 4 is 17.9 Å². The second-order valence-corrected chi connectivity index (χ2v) is 28.3. The van der Waals surface area contributed by atoms with Crippen LogP contribution in [0.3, 0.4) is 0 Å². The first-order valence-electron chi connectivity index (χ1n) is 40.5. The van der Waals surface area contributed by atoms with Gasteiger partial charge in [-0.15, -0.1) is 0 Å². The normalized spacial score (nSPS) is 13.2. The minimum Gasteiger partial charge on any atom is -0.545 e. The van der Waals surface area contributed by atoms with Crippen molar-refractivity contribution in [2.75, 3.05) is 47.5 Å². The number of quaternary nitrogens is 1. The number of carboxylic acids is 1. The summed E-state index contributed by atoms with van der Waals surface area (Å²) in [5.41, 5.74) is 0. The number of nitrogens with zero attached hydrogens (tertiary/aromatic N) is 1. The van der Waals surface area contributed by atoms with Crippen LogP contribution in [0.1, 0.15) is 367 Å². The predicted octanol–water partition coefficient (Wildman–Crippen LogP) is 24.8. The molecule has 0 aliphatic carbocycles. The average Bonchev–Trinajstić information content (AvgIpc) is 2.43. The predicted molar refractivity (Wildman–Crippen MR) is 412 cm³/mol. The molecule has 2 atom stereocenters. The van der Waals surface area contributed by atoms with Crippen LogP contribution in [-0.2, 0) is 33.3 Å². The molecule has 96 heavy (non-hydrogen) atoms. The molecule has 9 nitrogen and oxygen atoms in total. The largest absolute Gasteiger partial charge is 0.545 e. The van der Waals surface area contributed by atoms with Crippen molar-refractivity contribution in [2.24, 2.45) is 0 Å². The summed E-state index contributed by atoms with van der Waals surface area (Å²) in [7, 11) is 5.93. The maximum Gasteiger partial charge on any atom is 0.306 e. The topological polar surface area (TPSA) is 111 Å². The minimum atomic E-state index is -1.63. The van der Waals surface area contributed by atoms with Gasteiger partial charge >= 0.3 is 11.9 Å². The number of esters is 2. The highest BCUT2D eigenvalue weighted by Crippen LogP contribution is 2.19. The first kappa shape index (κ1) is 92.0. The lowest BCUT2D eigenvalue weighted by molar-refractivity contribution is -0.870. The first-order chi connectivity index (χ1) is 47.1. The van der Waals surface area contributed by atoms with Gasteiger partial charge in [0.25, 0.3) is 0 Å². The summed E-state index contributed by atoms with van der Waals surface area (Å²) in [5.74, 6) is -2.29. The zero-order valence-electron chi connectivity index (χ0n) is 63.5. The molecule has 0 saturated heterocycles. The molecular weight excluding hydrogens is 1190 g/mol. The molecule has 0 heterocycles. The Morgan fingerprint density at radius 1 is 0.323 bits per heavy atom. The number of allylic oxidation sites excluding steroid dienone is 18. The summed E-state index contributed by atoms with van der Waals surface area (Å²) >= 11 is 0. The second kappa shape index (κ2) is 76.7. The molecule has 0 amide bonds. The molecule has 0 saturated carbocycles. The molecule has 0 aromatic rings. The molecule has 0 aliphatic rings. The van der Waals surface area contributed by atoms with Crippen LogP contribution < -0.4 is 5.11 Å². The summed E-state index contributed by atoms with van der Waals surface area (Å²) in [5, 5.41) is 11.9. The van der Waals surface area contributed by atoms with E-state index in [9.17, 15) is 19.5 Å². The Hall–Kier alpha value is -4.05. The number of rotatable bonds is 75. The number of carboxylic acid groups (broad SMARTS) is 1. The van der Waals surface area contributed by atoms with Crippen LogP contribution in [0.4, 0.5) is 0 Å². The Balaban J connectivity index is 4.06. The van der Waals surface area contributed by atoms with Gasteiger partial charge in [0.1, 0.15) is 13.2 Å². The summed E-state index contributed by atoms with van der Waals surface area (Å²) in [6.07, 6.45) is 105. The van der Waals surface area contributed by atoms with Crippen molar-refractivity contribution in [1.82, 2.24) is 0 Å². The lowest BCUT2D eigenvalue weighted by atomic mass is 10.0. The van der Waals surface area contributed by atoms with Gasteiger partial charge in [-0.25, -0.2) is 0 Å². The van der Waals surface area contributed by atoms with E-state index in [0.29, 0.717) is 17.4 Å². The summed E-state index contributed by atoms with van der Waals surface area (Å²) in [6.45, 7) is 4.66. The molecule has 0 fully saturated rings. The maximum atomic E-state index is 13.0. The highest BCUT2D eigenvalue weighted by molar-refractivity contribution is 5.70. The molecule has 0 bridgehead atoms.